The average Bonchev–Trinajstić information content (AvgIpc) is 3.35. The number of anilines is 1. The van der Waals surface area contributed by atoms with Crippen LogP contribution in [0.25, 0.3) is 6.08 Å². The molecule has 1 saturated heterocycles. The van der Waals surface area contributed by atoms with E-state index in [9.17, 15) is 9.59 Å². The maximum absolute atomic E-state index is 12.7. The van der Waals surface area contributed by atoms with Crippen LogP contribution in [0.5, 0.6) is 0 Å². The van der Waals surface area contributed by atoms with Gasteiger partial charge in [0.2, 0.25) is 5.91 Å². The molecule has 3 aromatic rings. The van der Waals surface area contributed by atoms with Crippen LogP contribution in [-0.4, -0.2) is 32.6 Å². The second-order valence-corrected chi connectivity index (χ2v) is 10.2. The summed E-state index contributed by atoms with van der Waals surface area (Å²) in [6.45, 7) is 1.91. The highest BCUT2D eigenvalue weighted by Crippen LogP contribution is 2.31. The van der Waals surface area contributed by atoms with Gasteiger partial charge in [0.1, 0.15) is 10.9 Å². The number of carbonyl (C=O) groups excluding carboxylic acids is 2. The molecule has 2 heterocycles. The molecule has 33 heavy (non-hydrogen) atoms. The molecule has 0 atom stereocenters. The predicted molar refractivity (Wildman–Crippen MR) is 140 cm³/mol. The lowest BCUT2D eigenvalue weighted by atomic mass is 10.1. The van der Waals surface area contributed by atoms with Crippen LogP contribution in [-0.2, 0) is 16.0 Å². The summed E-state index contributed by atoms with van der Waals surface area (Å²) in [4.78, 5) is 32.4. The van der Waals surface area contributed by atoms with Gasteiger partial charge in [0.15, 0.2) is 5.13 Å². The van der Waals surface area contributed by atoms with Crippen molar-refractivity contribution in [2.45, 2.75) is 13.3 Å². The summed E-state index contributed by atoms with van der Waals surface area (Å²) in [5.41, 5.74) is 3.44. The molecule has 1 aromatic heterocycles. The molecule has 4 rings (SSSR count). The lowest BCUT2D eigenvalue weighted by Crippen LogP contribution is -2.36. The highest BCUT2D eigenvalue weighted by molar-refractivity contribution is 8.26. The molecule has 0 spiro atoms. The van der Waals surface area contributed by atoms with Crippen molar-refractivity contribution in [1.82, 2.24) is 9.88 Å². The Bertz CT molecular complexity index is 1230. The molecular formula is C25H21N3O2S3. The van der Waals surface area contributed by atoms with Gasteiger partial charge in [0, 0.05) is 17.5 Å². The van der Waals surface area contributed by atoms with Gasteiger partial charge in [-0.05, 0) is 24.1 Å². The van der Waals surface area contributed by atoms with Crippen LogP contribution >= 0.6 is 35.3 Å². The van der Waals surface area contributed by atoms with Gasteiger partial charge in [-0.3, -0.25) is 14.5 Å². The lowest BCUT2D eigenvalue weighted by molar-refractivity contribution is -0.126. The van der Waals surface area contributed by atoms with Gasteiger partial charge in [0.25, 0.3) is 5.91 Å². The van der Waals surface area contributed by atoms with Crippen molar-refractivity contribution in [3.05, 3.63) is 99.4 Å². The van der Waals surface area contributed by atoms with E-state index in [4.69, 9.17) is 12.2 Å². The minimum absolute atomic E-state index is 0.142. The third kappa shape index (κ3) is 6.25. The molecule has 0 aliphatic carbocycles. The molecule has 166 valence electrons. The van der Waals surface area contributed by atoms with E-state index in [1.165, 1.54) is 39.1 Å². The molecule has 1 N–H and O–H groups in total. The number of aromatic nitrogens is 1. The largest absolute Gasteiger partial charge is 0.300 e. The molecule has 1 fully saturated rings. The number of thiazole rings is 1. The predicted octanol–water partition coefficient (Wildman–Crippen LogP) is 5.44. The average molecular weight is 492 g/mol. The van der Waals surface area contributed by atoms with E-state index in [0.717, 1.165) is 16.9 Å². The second-order valence-electron chi connectivity index (χ2n) is 7.40. The van der Waals surface area contributed by atoms with Gasteiger partial charge in [0.05, 0.1) is 4.91 Å². The van der Waals surface area contributed by atoms with Crippen molar-refractivity contribution in [3.63, 3.8) is 0 Å². The molecule has 1 aliphatic heterocycles. The summed E-state index contributed by atoms with van der Waals surface area (Å²) in [5.74, 6) is -0.597. The van der Waals surface area contributed by atoms with E-state index in [2.05, 4.69) is 41.5 Å². The molecule has 0 unspecified atom stereocenters. The third-order valence-corrected chi connectivity index (χ3v) is 7.12. The van der Waals surface area contributed by atoms with E-state index in [0.29, 0.717) is 14.4 Å². The minimum atomic E-state index is -0.330. The second kappa shape index (κ2) is 10.7. The van der Waals surface area contributed by atoms with E-state index >= 15 is 0 Å². The molecule has 5 nitrogen and oxygen atoms in total. The molecule has 1 aliphatic rings. The Morgan fingerprint density at radius 3 is 2.67 bits per heavy atom. The molecular weight excluding hydrogens is 470 g/mol. The van der Waals surface area contributed by atoms with Crippen LogP contribution in [0.15, 0.2) is 77.9 Å². The summed E-state index contributed by atoms with van der Waals surface area (Å²) < 4.78 is 0.369. The summed E-state index contributed by atoms with van der Waals surface area (Å²) in [7, 11) is 0. The Hall–Kier alpha value is -3.07. The number of thiocarbonyl (C=S) groups is 1. The maximum atomic E-state index is 12.7. The first-order valence-electron chi connectivity index (χ1n) is 10.2. The summed E-state index contributed by atoms with van der Waals surface area (Å²) >= 11 is 7.94. The van der Waals surface area contributed by atoms with Gasteiger partial charge in [-0.1, -0.05) is 96.3 Å². The number of aryl methyl sites for hydroxylation is 1. The highest BCUT2D eigenvalue weighted by Gasteiger charge is 2.33. The maximum Gasteiger partial charge on any atom is 0.266 e. The molecule has 0 saturated carbocycles. The smallest absolute Gasteiger partial charge is 0.266 e. The number of thioether (sulfide) groups is 1. The van der Waals surface area contributed by atoms with Gasteiger partial charge < -0.3 is 5.32 Å². The summed E-state index contributed by atoms with van der Waals surface area (Å²) in [6.07, 6.45) is 7.97. The summed E-state index contributed by atoms with van der Waals surface area (Å²) in [5, 5.41) is 3.29. The number of rotatable bonds is 7. The summed E-state index contributed by atoms with van der Waals surface area (Å²) in [6, 6.07) is 18.1. The van der Waals surface area contributed by atoms with Crippen LogP contribution in [0, 0.1) is 6.92 Å². The Balaban J connectivity index is 1.33. The van der Waals surface area contributed by atoms with Crippen LogP contribution < -0.4 is 5.32 Å². The Morgan fingerprint density at radius 1 is 1.15 bits per heavy atom. The molecule has 8 heteroatoms. The normalized spacial score (nSPS) is 15.1. The van der Waals surface area contributed by atoms with Crippen molar-refractivity contribution in [2.75, 3.05) is 11.9 Å². The standard InChI is InChI=1S/C25H21N3O2S3/c1-17-10-12-19(13-11-17)14-20-15-26-24(32-20)27-22(29)16-28-23(30)21(33-25(28)31)9-5-8-18-6-3-2-4-7-18/h2-13,15H,14,16H2,1H3,(H,26,27,29)/b8-5+,21-9-. The van der Waals surface area contributed by atoms with Crippen LogP contribution in [0.4, 0.5) is 5.13 Å². The first-order valence-corrected chi connectivity index (χ1v) is 12.3. The number of allylic oxidation sites excluding steroid dienone is 2. The quantitative estimate of drug-likeness (QED) is 0.352. The molecule has 2 amide bonds. The van der Waals surface area contributed by atoms with Gasteiger partial charge in [-0.2, -0.15) is 0 Å². The highest BCUT2D eigenvalue weighted by atomic mass is 32.2. The van der Waals surface area contributed by atoms with Gasteiger partial charge >= 0.3 is 0 Å². The Labute approximate surface area is 206 Å². The number of hydrogen-bond donors (Lipinski definition) is 1. The molecule has 0 radical (unpaired) electrons. The van der Waals surface area contributed by atoms with Gasteiger partial charge in [-0.25, -0.2) is 4.98 Å². The fraction of sp³-hybridized carbons (Fsp3) is 0.120. The molecule has 0 bridgehead atoms. The van der Waals surface area contributed by atoms with E-state index < -0.39 is 0 Å². The number of benzene rings is 2. The van der Waals surface area contributed by atoms with Crippen molar-refractivity contribution in [1.29, 1.82) is 0 Å². The first-order chi connectivity index (χ1) is 16.0. The zero-order valence-corrected chi connectivity index (χ0v) is 20.3. The minimum Gasteiger partial charge on any atom is -0.300 e. The van der Waals surface area contributed by atoms with Crippen molar-refractivity contribution in [2.24, 2.45) is 0 Å². The number of carbonyl (C=O) groups is 2. The van der Waals surface area contributed by atoms with E-state index in [-0.39, 0.29) is 18.4 Å². The van der Waals surface area contributed by atoms with Crippen molar-refractivity contribution >= 4 is 62.7 Å². The molecule has 2 aromatic carbocycles. The first kappa shape index (κ1) is 23.1. The fourth-order valence-electron chi connectivity index (χ4n) is 3.12. The SMILES string of the molecule is Cc1ccc(Cc2cnc(NC(=O)CN3C(=O)/C(=C/C=C/c4ccccc4)SC3=S)s2)cc1. The number of nitrogens with one attached hydrogen (secondary N) is 1. The van der Waals surface area contributed by atoms with E-state index in [1.807, 2.05) is 42.5 Å². The Morgan fingerprint density at radius 2 is 1.91 bits per heavy atom. The third-order valence-electron chi connectivity index (χ3n) is 4.81. The zero-order valence-electron chi connectivity index (χ0n) is 17.9. The monoisotopic (exact) mass is 491 g/mol. The fourth-order valence-corrected chi connectivity index (χ4v) is 5.19. The van der Waals surface area contributed by atoms with Crippen molar-refractivity contribution in [3.8, 4) is 0 Å². The van der Waals surface area contributed by atoms with Crippen LogP contribution in [0.1, 0.15) is 21.6 Å². The van der Waals surface area contributed by atoms with Crippen molar-refractivity contribution < 1.29 is 9.59 Å². The van der Waals surface area contributed by atoms with E-state index in [1.54, 1.807) is 12.3 Å². The van der Waals surface area contributed by atoms with Gasteiger partial charge in [-0.15, -0.1) is 11.3 Å². The number of nitrogens with zero attached hydrogens (tertiary/aromatic N) is 2. The number of hydrogen-bond acceptors (Lipinski definition) is 6. The topological polar surface area (TPSA) is 62.3 Å². The van der Waals surface area contributed by atoms with Crippen LogP contribution in [0.2, 0.25) is 0 Å². The van der Waals surface area contributed by atoms with Crippen LogP contribution in [0.3, 0.4) is 0 Å². The zero-order chi connectivity index (χ0) is 23.2. The Kier molecular flexibility index (Phi) is 7.49. The number of amides is 2. The lowest BCUT2D eigenvalue weighted by Gasteiger charge is -2.13.